The highest BCUT2D eigenvalue weighted by molar-refractivity contribution is 5.95. The summed E-state index contributed by atoms with van der Waals surface area (Å²) in [6.45, 7) is 0. The van der Waals surface area contributed by atoms with Crippen LogP contribution in [0.25, 0.3) is 0 Å². The zero-order valence-electron chi connectivity index (χ0n) is 12.1. The second-order valence-corrected chi connectivity index (χ2v) is 5.21. The third-order valence-electron chi connectivity index (χ3n) is 3.99. The summed E-state index contributed by atoms with van der Waals surface area (Å²) >= 11 is 0. The normalized spacial score (nSPS) is 11.1. The summed E-state index contributed by atoms with van der Waals surface area (Å²) in [7, 11) is 0. The number of carbonyl (C=O) groups is 1. The molecule has 0 saturated heterocycles. The van der Waals surface area contributed by atoms with E-state index in [1.807, 2.05) is 91.0 Å². The zero-order chi connectivity index (χ0) is 15.4. The van der Waals surface area contributed by atoms with E-state index >= 15 is 0 Å². The largest absolute Gasteiger partial charge is 0.368 e. The van der Waals surface area contributed by atoms with Crippen LogP contribution in [0.2, 0.25) is 0 Å². The van der Waals surface area contributed by atoms with Crippen LogP contribution in [-0.4, -0.2) is 5.91 Å². The molecule has 0 aliphatic heterocycles. The second kappa shape index (κ2) is 5.86. The summed E-state index contributed by atoms with van der Waals surface area (Å²) in [6.07, 6.45) is 0. The Balaban J connectivity index is 2.37. The molecular weight excluding hydrogens is 270 g/mol. The zero-order valence-corrected chi connectivity index (χ0v) is 12.1. The van der Waals surface area contributed by atoms with Crippen molar-refractivity contribution in [3.8, 4) is 0 Å². The number of hydrogen-bond acceptors (Lipinski definition) is 1. The third-order valence-corrected chi connectivity index (χ3v) is 3.99. The predicted molar refractivity (Wildman–Crippen MR) is 88.4 cm³/mol. The Morgan fingerprint density at radius 1 is 0.591 bits per heavy atom. The summed E-state index contributed by atoms with van der Waals surface area (Å²) in [5, 5.41) is 0. The number of nitrogens with two attached hydrogens (primary N) is 1. The Bertz CT molecular complexity index is 655. The van der Waals surface area contributed by atoms with Gasteiger partial charge in [0, 0.05) is 0 Å². The lowest BCUT2D eigenvalue weighted by molar-refractivity contribution is -0.120. The molecule has 2 N–H and O–H groups in total. The molecule has 108 valence electrons. The van der Waals surface area contributed by atoms with E-state index in [1.54, 1.807) is 0 Å². The monoisotopic (exact) mass is 287 g/mol. The van der Waals surface area contributed by atoms with Crippen LogP contribution >= 0.6 is 0 Å². The van der Waals surface area contributed by atoms with Crippen molar-refractivity contribution < 1.29 is 4.79 Å². The van der Waals surface area contributed by atoms with E-state index in [9.17, 15) is 4.79 Å². The first-order valence-electron chi connectivity index (χ1n) is 7.22. The smallest absolute Gasteiger partial charge is 0.237 e. The maximum atomic E-state index is 12.6. The summed E-state index contributed by atoms with van der Waals surface area (Å²) in [5.41, 5.74) is 7.57. The van der Waals surface area contributed by atoms with Crippen LogP contribution in [0.3, 0.4) is 0 Å². The van der Waals surface area contributed by atoms with Gasteiger partial charge >= 0.3 is 0 Å². The van der Waals surface area contributed by atoms with Crippen molar-refractivity contribution in [2.24, 2.45) is 5.73 Å². The van der Waals surface area contributed by atoms with Crippen LogP contribution in [0.5, 0.6) is 0 Å². The first-order chi connectivity index (χ1) is 10.8. The first kappa shape index (κ1) is 14.1. The van der Waals surface area contributed by atoms with E-state index in [0.717, 1.165) is 16.7 Å². The topological polar surface area (TPSA) is 43.1 Å². The molecule has 0 fully saturated rings. The van der Waals surface area contributed by atoms with Gasteiger partial charge in [-0.2, -0.15) is 0 Å². The van der Waals surface area contributed by atoms with Crippen LogP contribution in [0.4, 0.5) is 0 Å². The maximum absolute atomic E-state index is 12.6. The van der Waals surface area contributed by atoms with Gasteiger partial charge in [-0.25, -0.2) is 0 Å². The quantitative estimate of drug-likeness (QED) is 0.733. The van der Waals surface area contributed by atoms with E-state index in [1.165, 1.54) is 0 Å². The molecule has 3 rings (SSSR count). The molecule has 0 bridgehead atoms. The summed E-state index contributed by atoms with van der Waals surface area (Å²) in [5.74, 6) is -0.379. The van der Waals surface area contributed by atoms with Gasteiger partial charge in [0.05, 0.1) is 0 Å². The summed E-state index contributed by atoms with van der Waals surface area (Å²) < 4.78 is 0. The molecule has 0 aliphatic rings. The van der Waals surface area contributed by atoms with E-state index in [-0.39, 0.29) is 5.91 Å². The van der Waals surface area contributed by atoms with E-state index in [4.69, 9.17) is 5.73 Å². The fraction of sp³-hybridized carbons (Fsp3) is 0.0500. The fourth-order valence-corrected chi connectivity index (χ4v) is 2.99. The fourth-order valence-electron chi connectivity index (χ4n) is 2.99. The first-order valence-corrected chi connectivity index (χ1v) is 7.22. The number of rotatable bonds is 4. The number of benzene rings is 3. The highest BCUT2D eigenvalue weighted by atomic mass is 16.1. The Labute approximate surface area is 130 Å². The van der Waals surface area contributed by atoms with Crippen molar-refractivity contribution in [1.82, 2.24) is 0 Å². The number of carbonyl (C=O) groups excluding carboxylic acids is 1. The minimum absolute atomic E-state index is 0.379. The van der Waals surface area contributed by atoms with Crippen molar-refractivity contribution in [3.63, 3.8) is 0 Å². The minimum atomic E-state index is -0.982. The van der Waals surface area contributed by atoms with Gasteiger partial charge in [0.1, 0.15) is 5.41 Å². The Morgan fingerprint density at radius 3 is 1.09 bits per heavy atom. The average Bonchev–Trinajstić information content (AvgIpc) is 2.58. The van der Waals surface area contributed by atoms with Crippen LogP contribution in [0, 0.1) is 0 Å². The molecular formula is C20H17NO. The molecule has 0 aromatic heterocycles. The SMILES string of the molecule is NC(=O)C(c1ccccc1)(c1ccccc1)c1ccccc1. The average molecular weight is 287 g/mol. The lowest BCUT2D eigenvalue weighted by atomic mass is 9.69. The molecule has 1 amide bonds. The summed E-state index contributed by atoms with van der Waals surface area (Å²) in [6, 6.07) is 29.1. The van der Waals surface area contributed by atoms with Crippen molar-refractivity contribution in [2.45, 2.75) is 5.41 Å². The molecule has 3 aromatic carbocycles. The molecule has 0 unspecified atom stereocenters. The molecule has 2 heteroatoms. The maximum Gasteiger partial charge on any atom is 0.237 e. The Hall–Kier alpha value is -2.87. The Kier molecular flexibility index (Phi) is 3.75. The van der Waals surface area contributed by atoms with Gasteiger partial charge in [0.15, 0.2) is 0 Å². The van der Waals surface area contributed by atoms with Crippen molar-refractivity contribution >= 4 is 5.91 Å². The van der Waals surface area contributed by atoms with Gasteiger partial charge in [-0.1, -0.05) is 91.0 Å². The van der Waals surface area contributed by atoms with E-state index in [0.29, 0.717) is 0 Å². The minimum Gasteiger partial charge on any atom is -0.368 e. The Morgan fingerprint density at radius 2 is 0.864 bits per heavy atom. The predicted octanol–water partition coefficient (Wildman–Crippen LogP) is 3.51. The van der Waals surface area contributed by atoms with Gasteiger partial charge in [-0.05, 0) is 16.7 Å². The van der Waals surface area contributed by atoms with Crippen LogP contribution < -0.4 is 5.73 Å². The lowest BCUT2D eigenvalue weighted by Gasteiger charge is -2.32. The molecule has 2 nitrogen and oxygen atoms in total. The van der Waals surface area contributed by atoms with E-state index < -0.39 is 5.41 Å². The van der Waals surface area contributed by atoms with Crippen molar-refractivity contribution in [1.29, 1.82) is 0 Å². The third kappa shape index (κ3) is 2.19. The molecule has 3 aromatic rings. The van der Waals surface area contributed by atoms with E-state index in [2.05, 4.69) is 0 Å². The van der Waals surface area contributed by atoms with Gasteiger partial charge in [-0.3, -0.25) is 4.79 Å². The number of primary amides is 1. The second-order valence-electron chi connectivity index (χ2n) is 5.21. The van der Waals surface area contributed by atoms with Crippen LogP contribution in [-0.2, 0) is 10.2 Å². The molecule has 0 atom stereocenters. The molecule has 0 radical (unpaired) electrons. The molecule has 0 heterocycles. The molecule has 22 heavy (non-hydrogen) atoms. The highest BCUT2D eigenvalue weighted by Crippen LogP contribution is 2.38. The van der Waals surface area contributed by atoms with Crippen molar-refractivity contribution in [3.05, 3.63) is 108 Å². The van der Waals surface area contributed by atoms with Crippen molar-refractivity contribution in [2.75, 3.05) is 0 Å². The lowest BCUT2D eigenvalue weighted by Crippen LogP contribution is -2.43. The van der Waals surface area contributed by atoms with Crippen LogP contribution in [0.1, 0.15) is 16.7 Å². The molecule has 0 aliphatic carbocycles. The molecule has 0 spiro atoms. The number of amides is 1. The standard InChI is InChI=1S/C20H17NO/c21-19(22)20(16-10-4-1-5-11-16,17-12-6-2-7-13-17)18-14-8-3-9-15-18/h1-15H,(H2,21,22). The van der Waals surface area contributed by atoms with Gasteiger partial charge in [0.25, 0.3) is 0 Å². The van der Waals surface area contributed by atoms with Gasteiger partial charge in [0.2, 0.25) is 5.91 Å². The van der Waals surface area contributed by atoms with Crippen LogP contribution in [0.15, 0.2) is 91.0 Å². The highest BCUT2D eigenvalue weighted by Gasteiger charge is 2.41. The molecule has 0 saturated carbocycles. The van der Waals surface area contributed by atoms with Gasteiger partial charge in [-0.15, -0.1) is 0 Å². The summed E-state index contributed by atoms with van der Waals surface area (Å²) in [4.78, 5) is 12.6. The number of hydrogen-bond donors (Lipinski definition) is 1. The van der Waals surface area contributed by atoms with Gasteiger partial charge < -0.3 is 5.73 Å².